The van der Waals surface area contributed by atoms with Crippen molar-refractivity contribution in [2.24, 2.45) is 0 Å². The van der Waals surface area contributed by atoms with Crippen LogP contribution < -0.4 is 5.32 Å². The largest absolute Gasteiger partial charge is 0.383 e. The molecule has 82 valence electrons. The van der Waals surface area contributed by atoms with Gasteiger partial charge in [-0.15, -0.1) is 0 Å². The molecule has 0 saturated heterocycles. The first kappa shape index (κ1) is 13.2. The highest BCUT2D eigenvalue weighted by atomic mass is 16.2. The van der Waals surface area contributed by atoms with Gasteiger partial charge >= 0.3 is 0 Å². The van der Waals surface area contributed by atoms with Crippen LogP contribution in [-0.4, -0.2) is 31.3 Å². The Balaban J connectivity index is 4.73. The molecule has 1 N–H and O–H groups in total. The summed E-state index contributed by atoms with van der Waals surface area (Å²) in [6.45, 7) is 1.88. The number of hydrogen-bond donors (Lipinski definition) is 1. The monoisotopic (exact) mass is 208 g/mol. The molecular weight excluding hydrogens is 192 g/mol. The zero-order valence-corrected chi connectivity index (χ0v) is 9.23. The van der Waals surface area contributed by atoms with Crippen LogP contribution in [0.5, 0.6) is 0 Å². The van der Waals surface area contributed by atoms with E-state index in [2.05, 4.69) is 5.32 Å². The van der Waals surface area contributed by atoms with Crippen LogP contribution in [0.15, 0.2) is 36.1 Å². The van der Waals surface area contributed by atoms with Crippen molar-refractivity contribution in [3.8, 4) is 0 Å². The van der Waals surface area contributed by atoms with E-state index in [1.165, 1.54) is 0 Å². The lowest BCUT2D eigenvalue weighted by Crippen LogP contribution is -2.23. The number of imide groups is 1. The van der Waals surface area contributed by atoms with Crippen LogP contribution in [0.1, 0.15) is 6.92 Å². The molecule has 0 unspecified atom stereocenters. The zero-order valence-electron chi connectivity index (χ0n) is 9.23. The van der Waals surface area contributed by atoms with Crippen LogP contribution in [0.4, 0.5) is 0 Å². The van der Waals surface area contributed by atoms with Crippen molar-refractivity contribution in [3.63, 3.8) is 0 Å². The minimum Gasteiger partial charge on any atom is -0.383 e. The molecule has 0 bridgehead atoms. The van der Waals surface area contributed by atoms with Gasteiger partial charge in [0.05, 0.1) is 5.57 Å². The third-order valence-corrected chi connectivity index (χ3v) is 1.43. The van der Waals surface area contributed by atoms with Crippen molar-refractivity contribution in [2.75, 3.05) is 14.1 Å². The Kier molecular flexibility index (Phi) is 6.63. The van der Waals surface area contributed by atoms with E-state index in [4.69, 9.17) is 0 Å². The van der Waals surface area contributed by atoms with Gasteiger partial charge in [0, 0.05) is 20.3 Å². The van der Waals surface area contributed by atoms with Gasteiger partial charge < -0.3 is 4.90 Å². The summed E-state index contributed by atoms with van der Waals surface area (Å²) in [4.78, 5) is 23.2. The summed E-state index contributed by atoms with van der Waals surface area (Å²) < 4.78 is 0. The van der Waals surface area contributed by atoms with Crippen molar-refractivity contribution in [1.82, 2.24) is 10.2 Å². The maximum atomic E-state index is 11.4. The number of nitrogens with zero attached hydrogens (tertiary/aromatic N) is 1. The lowest BCUT2D eigenvalue weighted by molar-refractivity contribution is -0.122. The lowest BCUT2D eigenvalue weighted by atomic mass is 10.2. The Morgan fingerprint density at radius 1 is 1.27 bits per heavy atom. The third-order valence-electron chi connectivity index (χ3n) is 1.43. The Labute approximate surface area is 90.0 Å². The van der Waals surface area contributed by atoms with Crippen molar-refractivity contribution >= 4 is 12.3 Å². The van der Waals surface area contributed by atoms with Crippen LogP contribution >= 0.6 is 0 Å². The third kappa shape index (κ3) is 6.26. The van der Waals surface area contributed by atoms with Crippen molar-refractivity contribution in [2.45, 2.75) is 6.92 Å². The highest BCUT2D eigenvalue weighted by Gasteiger charge is 2.04. The lowest BCUT2D eigenvalue weighted by Gasteiger charge is -2.07. The van der Waals surface area contributed by atoms with Gasteiger partial charge in [0.25, 0.3) is 5.91 Å². The van der Waals surface area contributed by atoms with Crippen molar-refractivity contribution in [3.05, 3.63) is 36.1 Å². The molecule has 0 aromatic heterocycles. The second-order valence-electron chi connectivity index (χ2n) is 3.02. The Morgan fingerprint density at radius 3 is 2.40 bits per heavy atom. The minimum atomic E-state index is -0.417. The van der Waals surface area contributed by atoms with Gasteiger partial charge in [-0.2, -0.15) is 0 Å². The van der Waals surface area contributed by atoms with Gasteiger partial charge in [0.1, 0.15) is 0 Å². The molecule has 0 atom stereocenters. The summed E-state index contributed by atoms with van der Waals surface area (Å²) in [5.74, 6) is -0.417. The van der Waals surface area contributed by atoms with E-state index in [0.29, 0.717) is 12.0 Å². The van der Waals surface area contributed by atoms with E-state index in [1.54, 1.807) is 43.4 Å². The van der Waals surface area contributed by atoms with Gasteiger partial charge in [-0.1, -0.05) is 18.2 Å². The number of allylic oxidation sites excluding steroid dienone is 3. The summed E-state index contributed by atoms with van der Waals surface area (Å²) in [5.41, 5.74) is 0.421. The smallest absolute Gasteiger partial charge is 0.259 e. The molecule has 4 heteroatoms. The molecule has 0 rings (SSSR count). The van der Waals surface area contributed by atoms with Crippen molar-refractivity contribution in [1.29, 1.82) is 0 Å². The highest BCUT2D eigenvalue weighted by Crippen LogP contribution is 1.98. The minimum absolute atomic E-state index is 0.370. The normalized spacial score (nSPS) is 12.1. The van der Waals surface area contributed by atoms with Crippen LogP contribution in [0, 0.1) is 0 Å². The zero-order chi connectivity index (χ0) is 11.7. The summed E-state index contributed by atoms with van der Waals surface area (Å²) in [7, 11) is 3.61. The topological polar surface area (TPSA) is 49.4 Å². The quantitative estimate of drug-likeness (QED) is 0.414. The molecule has 0 aromatic rings. The Hall–Kier alpha value is -1.84. The molecule has 2 amide bonds. The predicted octanol–water partition coefficient (Wildman–Crippen LogP) is 0.837. The fraction of sp³-hybridized carbons (Fsp3) is 0.273. The van der Waals surface area contributed by atoms with E-state index in [-0.39, 0.29) is 0 Å². The Morgan fingerprint density at radius 2 is 1.93 bits per heavy atom. The number of hydrogen-bond acceptors (Lipinski definition) is 3. The van der Waals surface area contributed by atoms with Crippen LogP contribution in [-0.2, 0) is 9.59 Å². The number of carbonyl (C=O) groups excluding carboxylic acids is 2. The standard InChI is InChI=1S/C11H16N2O2/c1-4-5-6-7-10(8-13(2)3)11(15)12-9-14/h4-9H,1-3H3,(H,12,14,15)/b5-4+,7-6+,10-8-. The summed E-state index contributed by atoms with van der Waals surface area (Å²) in [6.07, 6.45) is 9.03. The number of carbonyl (C=O) groups is 2. The molecule has 0 heterocycles. The van der Waals surface area contributed by atoms with Crippen LogP contribution in [0.3, 0.4) is 0 Å². The number of nitrogens with one attached hydrogen (secondary N) is 1. The summed E-state index contributed by atoms with van der Waals surface area (Å²) >= 11 is 0. The number of rotatable bonds is 5. The van der Waals surface area contributed by atoms with Gasteiger partial charge in [-0.05, 0) is 13.0 Å². The second kappa shape index (κ2) is 7.55. The van der Waals surface area contributed by atoms with Gasteiger partial charge in [0.2, 0.25) is 6.41 Å². The Bertz CT molecular complexity index is 302. The fourth-order valence-corrected chi connectivity index (χ4v) is 0.863. The molecule has 0 fully saturated rings. The van der Waals surface area contributed by atoms with E-state index in [9.17, 15) is 9.59 Å². The average molecular weight is 208 g/mol. The van der Waals surface area contributed by atoms with E-state index < -0.39 is 5.91 Å². The summed E-state index contributed by atoms with van der Waals surface area (Å²) in [5, 5.41) is 2.09. The SMILES string of the molecule is C/C=C/C=C/C(=C/N(C)C)C(=O)NC=O. The first-order valence-corrected chi connectivity index (χ1v) is 4.54. The van der Waals surface area contributed by atoms with E-state index >= 15 is 0 Å². The van der Waals surface area contributed by atoms with E-state index in [1.807, 2.05) is 13.0 Å². The molecule has 0 saturated carbocycles. The second-order valence-corrected chi connectivity index (χ2v) is 3.02. The first-order chi connectivity index (χ1) is 7.11. The van der Waals surface area contributed by atoms with Gasteiger partial charge in [-0.3, -0.25) is 14.9 Å². The molecule has 0 radical (unpaired) electrons. The maximum absolute atomic E-state index is 11.4. The first-order valence-electron chi connectivity index (χ1n) is 4.54. The number of amides is 2. The average Bonchev–Trinajstić information content (AvgIpc) is 2.16. The fourth-order valence-electron chi connectivity index (χ4n) is 0.863. The molecule has 0 aliphatic carbocycles. The predicted molar refractivity (Wildman–Crippen MR) is 59.9 cm³/mol. The molecular formula is C11H16N2O2. The summed E-state index contributed by atoms with van der Waals surface area (Å²) in [6, 6.07) is 0. The van der Waals surface area contributed by atoms with Crippen LogP contribution in [0.25, 0.3) is 0 Å². The van der Waals surface area contributed by atoms with E-state index in [0.717, 1.165) is 0 Å². The van der Waals surface area contributed by atoms with Crippen molar-refractivity contribution < 1.29 is 9.59 Å². The molecule has 15 heavy (non-hydrogen) atoms. The molecule has 4 nitrogen and oxygen atoms in total. The molecule has 0 spiro atoms. The molecule has 0 aliphatic rings. The maximum Gasteiger partial charge on any atom is 0.259 e. The van der Waals surface area contributed by atoms with Gasteiger partial charge in [0.15, 0.2) is 0 Å². The highest BCUT2D eigenvalue weighted by molar-refractivity contribution is 6.01. The van der Waals surface area contributed by atoms with Gasteiger partial charge in [-0.25, -0.2) is 0 Å². The molecule has 0 aromatic carbocycles. The van der Waals surface area contributed by atoms with Crippen LogP contribution in [0.2, 0.25) is 0 Å². The molecule has 0 aliphatic heterocycles.